The van der Waals surface area contributed by atoms with Crippen LogP contribution >= 0.6 is 11.6 Å². The Balaban J connectivity index is 1.69. The van der Waals surface area contributed by atoms with Gasteiger partial charge < -0.3 is 14.2 Å². The minimum Gasteiger partial charge on any atom is -0.458 e. The molecule has 0 N–H and O–H groups in total. The second-order valence-corrected chi connectivity index (χ2v) is 5.34. The van der Waals surface area contributed by atoms with Crippen molar-refractivity contribution in [2.24, 2.45) is 0 Å². The number of fused-ring (bicyclic) bond motifs is 1. The van der Waals surface area contributed by atoms with E-state index in [2.05, 4.69) is 4.98 Å². The molecule has 8 nitrogen and oxygen atoms in total. The predicted molar refractivity (Wildman–Crippen MR) is 87.3 cm³/mol. The van der Waals surface area contributed by atoms with E-state index in [1.807, 2.05) is 0 Å². The number of aromatic nitrogens is 1. The van der Waals surface area contributed by atoms with Crippen molar-refractivity contribution in [2.45, 2.75) is 6.61 Å². The number of esters is 1. The van der Waals surface area contributed by atoms with E-state index < -0.39 is 10.9 Å². The summed E-state index contributed by atoms with van der Waals surface area (Å²) in [6.45, 7) is 0.00734. The predicted octanol–water partition coefficient (Wildman–Crippen LogP) is 3.13. The van der Waals surface area contributed by atoms with Crippen molar-refractivity contribution in [1.82, 2.24) is 4.98 Å². The second-order valence-electron chi connectivity index (χ2n) is 4.95. The van der Waals surface area contributed by atoms with E-state index in [0.29, 0.717) is 22.2 Å². The van der Waals surface area contributed by atoms with Crippen LogP contribution in [0.4, 0.5) is 5.69 Å². The highest BCUT2D eigenvalue weighted by atomic mass is 35.5. The Morgan fingerprint density at radius 1 is 1.36 bits per heavy atom. The molecule has 0 saturated heterocycles. The lowest BCUT2D eigenvalue weighted by Gasteiger charge is -2.03. The van der Waals surface area contributed by atoms with Gasteiger partial charge in [0.15, 0.2) is 11.5 Å². The third kappa shape index (κ3) is 4.04. The molecule has 0 atom stereocenters. The van der Waals surface area contributed by atoms with Gasteiger partial charge in [-0.05, 0) is 18.2 Å². The lowest BCUT2D eigenvalue weighted by atomic mass is 10.1. The number of benzene rings is 1. The highest BCUT2D eigenvalue weighted by Crippen LogP contribution is 2.38. The van der Waals surface area contributed by atoms with Gasteiger partial charge in [-0.1, -0.05) is 17.7 Å². The third-order valence-corrected chi connectivity index (χ3v) is 3.51. The van der Waals surface area contributed by atoms with E-state index in [4.69, 9.17) is 25.8 Å². The summed E-state index contributed by atoms with van der Waals surface area (Å²) in [7, 11) is 0. The van der Waals surface area contributed by atoms with Crippen molar-refractivity contribution in [3.8, 4) is 11.5 Å². The maximum atomic E-state index is 11.8. The van der Waals surface area contributed by atoms with E-state index in [1.165, 1.54) is 24.4 Å². The number of nitro groups is 1. The minimum absolute atomic E-state index is 0.00315. The summed E-state index contributed by atoms with van der Waals surface area (Å²) < 4.78 is 15.3. The molecule has 1 aliphatic rings. The SMILES string of the molecule is O=C(/C=C/c1cc2c(cc1[N+](=O)[O-])OCO2)OCc1ccc(Cl)nc1. The van der Waals surface area contributed by atoms with Gasteiger partial charge in [0.2, 0.25) is 6.79 Å². The normalized spacial score (nSPS) is 12.4. The van der Waals surface area contributed by atoms with E-state index in [0.717, 1.165) is 6.08 Å². The molecule has 0 bridgehead atoms. The summed E-state index contributed by atoms with van der Waals surface area (Å²) in [6.07, 6.45) is 3.89. The summed E-state index contributed by atoms with van der Waals surface area (Å²) in [4.78, 5) is 26.2. The van der Waals surface area contributed by atoms with E-state index >= 15 is 0 Å². The topological polar surface area (TPSA) is 101 Å². The van der Waals surface area contributed by atoms with Crippen LogP contribution in [0.3, 0.4) is 0 Å². The van der Waals surface area contributed by atoms with Gasteiger partial charge in [-0.2, -0.15) is 0 Å². The van der Waals surface area contributed by atoms with E-state index in [9.17, 15) is 14.9 Å². The molecule has 3 rings (SSSR count). The summed E-state index contributed by atoms with van der Waals surface area (Å²) >= 11 is 5.67. The highest BCUT2D eigenvalue weighted by Gasteiger charge is 2.22. The number of carbonyl (C=O) groups excluding carboxylic acids is 1. The molecule has 0 unspecified atom stereocenters. The molecule has 9 heteroatoms. The Kier molecular flexibility index (Phi) is 4.80. The van der Waals surface area contributed by atoms with Crippen LogP contribution in [0.1, 0.15) is 11.1 Å². The number of nitro benzene ring substituents is 1. The molecule has 0 fully saturated rings. The van der Waals surface area contributed by atoms with Crippen molar-refractivity contribution in [1.29, 1.82) is 0 Å². The smallest absolute Gasteiger partial charge is 0.331 e. The third-order valence-electron chi connectivity index (χ3n) is 3.29. The Morgan fingerprint density at radius 2 is 2.12 bits per heavy atom. The van der Waals surface area contributed by atoms with Crippen molar-refractivity contribution in [2.75, 3.05) is 6.79 Å². The van der Waals surface area contributed by atoms with Gasteiger partial charge >= 0.3 is 5.97 Å². The van der Waals surface area contributed by atoms with Crippen molar-refractivity contribution < 1.29 is 23.9 Å². The summed E-state index contributed by atoms with van der Waals surface area (Å²) in [6, 6.07) is 5.95. The highest BCUT2D eigenvalue weighted by molar-refractivity contribution is 6.29. The molecule has 0 radical (unpaired) electrons. The van der Waals surface area contributed by atoms with Gasteiger partial charge in [0.25, 0.3) is 5.69 Å². The molecular weight excluding hydrogens is 352 g/mol. The van der Waals surface area contributed by atoms with Gasteiger partial charge in [0.05, 0.1) is 16.6 Å². The standard InChI is InChI=1S/C16H11ClN2O6/c17-15-3-1-10(7-18-15)8-23-16(20)4-2-11-5-13-14(25-9-24-13)6-12(11)19(21)22/h1-7H,8-9H2/b4-2+. The van der Waals surface area contributed by atoms with Crippen LogP contribution in [0, 0.1) is 10.1 Å². The first kappa shape index (κ1) is 16.7. The number of ether oxygens (including phenoxy) is 3. The molecule has 1 aromatic heterocycles. The Labute approximate surface area is 146 Å². The fourth-order valence-corrected chi connectivity index (χ4v) is 2.20. The number of pyridine rings is 1. The van der Waals surface area contributed by atoms with Crippen LogP contribution in [0.15, 0.2) is 36.5 Å². The van der Waals surface area contributed by atoms with E-state index in [-0.39, 0.29) is 24.7 Å². The first-order valence-corrected chi connectivity index (χ1v) is 7.44. The van der Waals surface area contributed by atoms with Crippen molar-refractivity contribution >= 4 is 29.3 Å². The Morgan fingerprint density at radius 3 is 2.80 bits per heavy atom. The molecule has 0 saturated carbocycles. The van der Waals surface area contributed by atoms with Gasteiger partial charge in [0.1, 0.15) is 11.8 Å². The largest absolute Gasteiger partial charge is 0.458 e. The van der Waals surface area contributed by atoms with Crippen LogP contribution < -0.4 is 9.47 Å². The first-order valence-electron chi connectivity index (χ1n) is 7.06. The number of nitrogens with zero attached hydrogens (tertiary/aromatic N) is 2. The van der Waals surface area contributed by atoms with Gasteiger partial charge in [-0.25, -0.2) is 9.78 Å². The summed E-state index contributed by atoms with van der Waals surface area (Å²) in [5, 5.41) is 11.5. The maximum absolute atomic E-state index is 11.8. The zero-order chi connectivity index (χ0) is 17.8. The average Bonchev–Trinajstić information content (AvgIpc) is 3.05. The summed E-state index contributed by atoms with van der Waals surface area (Å²) in [5.41, 5.74) is 0.676. The molecule has 2 aromatic rings. The number of rotatable bonds is 5. The molecule has 128 valence electrons. The quantitative estimate of drug-likeness (QED) is 0.265. The average molecular weight is 363 g/mol. The van der Waals surface area contributed by atoms with Gasteiger partial charge in [0, 0.05) is 17.8 Å². The molecule has 1 aliphatic heterocycles. The molecular formula is C16H11ClN2O6. The van der Waals surface area contributed by atoms with Crippen LogP contribution in [-0.2, 0) is 16.1 Å². The molecule has 0 amide bonds. The fraction of sp³-hybridized carbons (Fsp3) is 0.125. The Hall–Kier alpha value is -3.13. The van der Waals surface area contributed by atoms with Gasteiger partial charge in [-0.15, -0.1) is 0 Å². The molecule has 1 aromatic carbocycles. The van der Waals surface area contributed by atoms with Crippen LogP contribution in [0.5, 0.6) is 11.5 Å². The second kappa shape index (κ2) is 7.18. The molecule has 2 heterocycles. The molecule has 0 aliphatic carbocycles. The zero-order valence-corrected chi connectivity index (χ0v) is 13.4. The van der Waals surface area contributed by atoms with Crippen LogP contribution in [0.25, 0.3) is 6.08 Å². The number of halogens is 1. The van der Waals surface area contributed by atoms with Crippen LogP contribution in [0.2, 0.25) is 5.15 Å². The number of hydrogen-bond donors (Lipinski definition) is 0. The van der Waals surface area contributed by atoms with Gasteiger partial charge in [-0.3, -0.25) is 10.1 Å². The van der Waals surface area contributed by atoms with Crippen molar-refractivity contribution in [3.63, 3.8) is 0 Å². The zero-order valence-electron chi connectivity index (χ0n) is 12.7. The van der Waals surface area contributed by atoms with E-state index in [1.54, 1.807) is 12.1 Å². The lowest BCUT2D eigenvalue weighted by molar-refractivity contribution is -0.385. The van der Waals surface area contributed by atoms with Crippen molar-refractivity contribution in [3.05, 3.63) is 62.9 Å². The number of hydrogen-bond acceptors (Lipinski definition) is 7. The number of carbonyl (C=O) groups is 1. The Bertz CT molecular complexity index is 850. The summed E-state index contributed by atoms with van der Waals surface area (Å²) in [5.74, 6) is 0.0226. The lowest BCUT2D eigenvalue weighted by Crippen LogP contribution is -2.01. The van der Waals surface area contributed by atoms with Crippen LogP contribution in [-0.4, -0.2) is 22.7 Å². The molecule has 25 heavy (non-hydrogen) atoms. The molecule has 0 spiro atoms. The monoisotopic (exact) mass is 362 g/mol. The minimum atomic E-state index is -0.651. The fourth-order valence-electron chi connectivity index (χ4n) is 2.09. The first-order chi connectivity index (χ1) is 12.0. The maximum Gasteiger partial charge on any atom is 0.331 e.